The van der Waals surface area contributed by atoms with E-state index in [1.807, 2.05) is 38.1 Å². The van der Waals surface area contributed by atoms with Crippen LogP contribution in [0.1, 0.15) is 61.4 Å². The molecule has 0 N–H and O–H groups in total. The standard InChI is InChI=1S/C17H25NO/c1-5-17(2,18(3)4)16(19)15-11-7-10-14(12-15)13-8-6-9-13/h7,10-13H,5-6,8-9H2,1-4H3. The first-order valence-electron chi connectivity index (χ1n) is 7.31. The summed E-state index contributed by atoms with van der Waals surface area (Å²) in [5.74, 6) is 0.918. The second kappa shape index (κ2) is 5.46. The summed E-state index contributed by atoms with van der Waals surface area (Å²) >= 11 is 0. The Morgan fingerprint density at radius 1 is 1.37 bits per heavy atom. The average molecular weight is 259 g/mol. The van der Waals surface area contributed by atoms with Gasteiger partial charge in [0.25, 0.3) is 0 Å². The highest BCUT2D eigenvalue weighted by Gasteiger charge is 2.34. The molecule has 1 saturated carbocycles. The molecule has 0 spiro atoms. The van der Waals surface area contributed by atoms with Crippen LogP contribution in [0.3, 0.4) is 0 Å². The first kappa shape index (κ1) is 14.3. The Hall–Kier alpha value is -1.15. The van der Waals surface area contributed by atoms with Gasteiger partial charge in [-0.05, 0) is 57.8 Å². The molecular formula is C17H25NO. The van der Waals surface area contributed by atoms with Crippen LogP contribution in [0.4, 0.5) is 0 Å². The van der Waals surface area contributed by atoms with Gasteiger partial charge in [-0.1, -0.05) is 31.5 Å². The third-order valence-corrected chi connectivity index (χ3v) is 4.89. The fourth-order valence-corrected chi connectivity index (χ4v) is 2.67. The summed E-state index contributed by atoms with van der Waals surface area (Å²) in [7, 11) is 3.97. The average Bonchev–Trinajstić information content (AvgIpc) is 2.35. The molecule has 1 atom stereocenters. The maximum atomic E-state index is 12.8. The topological polar surface area (TPSA) is 20.3 Å². The number of likely N-dealkylation sites (N-methyl/N-ethyl adjacent to an activating group) is 1. The van der Waals surface area contributed by atoms with Crippen molar-refractivity contribution in [3.63, 3.8) is 0 Å². The van der Waals surface area contributed by atoms with Gasteiger partial charge < -0.3 is 0 Å². The summed E-state index contributed by atoms with van der Waals surface area (Å²) in [4.78, 5) is 14.8. The molecule has 0 radical (unpaired) electrons. The number of ketones is 1. The van der Waals surface area contributed by atoms with E-state index in [9.17, 15) is 4.79 Å². The summed E-state index contributed by atoms with van der Waals surface area (Å²) in [5, 5.41) is 0. The zero-order valence-corrected chi connectivity index (χ0v) is 12.6. The first-order valence-corrected chi connectivity index (χ1v) is 7.31. The van der Waals surface area contributed by atoms with Gasteiger partial charge in [-0.15, -0.1) is 0 Å². The molecular weight excluding hydrogens is 234 g/mol. The number of hydrogen-bond donors (Lipinski definition) is 0. The molecule has 0 aromatic heterocycles. The van der Waals surface area contributed by atoms with Gasteiger partial charge in [0.2, 0.25) is 0 Å². The monoisotopic (exact) mass is 259 g/mol. The number of carbonyl (C=O) groups excluding carboxylic acids is 1. The van der Waals surface area contributed by atoms with Crippen LogP contribution in [0.25, 0.3) is 0 Å². The number of Topliss-reactive ketones (excluding diaryl/α,β-unsaturated/α-hetero) is 1. The number of hydrogen-bond acceptors (Lipinski definition) is 2. The van der Waals surface area contributed by atoms with Gasteiger partial charge in [-0.2, -0.15) is 0 Å². The van der Waals surface area contributed by atoms with E-state index in [-0.39, 0.29) is 5.78 Å². The molecule has 1 unspecified atom stereocenters. The van der Waals surface area contributed by atoms with Crippen LogP contribution in [0.5, 0.6) is 0 Å². The summed E-state index contributed by atoms with van der Waals surface area (Å²) in [6.07, 6.45) is 4.70. The van der Waals surface area contributed by atoms with Gasteiger partial charge in [0, 0.05) is 5.56 Å². The van der Waals surface area contributed by atoms with Crippen LogP contribution in [-0.4, -0.2) is 30.3 Å². The van der Waals surface area contributed by atoms with Crippen LogP contribution in [0, 0.1) is 0 Å². The van der Waals surface area contributed by atoms with Crippen molar-refractivity contribution in [1.82, 2.24) is 4.90 Å². The van der Waals surface area contributed by atoms with Gasteiger partial charge in [0.15, 0.2) is 5.78 Å². The summed E-state index contributed by atoms with van der Waals surface area (Å²) in [6.45, 7) is 4.11. The van der Waals surface area contributed by atoms with E-state index in [0.717, 1.165) is 12.0 Å². The van der Waals surface area contributed by atoms with Crippen molar-refractivity contribution in [3.8, 4) is 0 Å². The largest absolute Gasteiger partial charge is 0.297 e. The van der Waals surface area contributed by atoms with Crippen molar-refractivity contribution in [2.45, 2.75) is 51.0 Å². The summed E-state index contributed by atoms with van der Waals surface area (Å²) in [6, 6.07) is 8.28. The van der Waals surface area contributed by atoms with E-state index in [0.29, 0.717) is 5.92 Å². The fourth-order valence-electron chi connectivity index (χ4n) is 2.67. The molecule has 2 rings (SSSR count). The van der Waals surface area contributed by atoms with E-state index < -0.39 is 5.54 Å². The Bertz CT molecular complexity index is 462. The van der Waals surface area contributed by atoms with Gasteiger partial charge in [-0.3, -0.25) is 9.69 Å². The predicted molar refractivity (Wildman–Crippen MR) is 79.7 cm³/mol. The molecule has 0 saturated heterocycles. The molecule has 2 heteroatoms. The Balaban J connectivity index is 2.28. The van der Waals surface area contributed by atoms with Gasteiger partial charge in [-0.25, -0.2) is 0 Å². The minimum absolute atomic E-state index is 0.237. The van der Waals surface area contributed by atoms with Crippen molar-refractivity contribution in [3.05, 3.63) is 35.4 Å². The van der Waals surface area contributed by atoms with E-state index in [1.165, 1.54) is 24.8 Å². The Morgan fingerprint density at radius 2 is 2.05 bits per heavy atom. The second-order valence-corrected chi connectivity index (χ2v) is 6.10. The van der Waals surface area contributed by atoms with Crippen LogP contribution < -0.4 is 0 Å². The van der Waals surface area contributed by atoms with E-state index in [1.54, 1.807) is 0 Å². The molecule has 1 aliphatic rings. The smallest absolute Gasteiger partial charge is 0.182 e. The molecule has 0 amide bonds. The maximum absolute atomic E-state index is 12.8. The lowest BCUT2D eigenvalue weighted by Crippen LogP contribution is -2.48. The second-order valence-electron chi connectivity index (χ2n) is 6.10. The first-order chi connectivity index (χ1) is 8.99. The highest BCUT2D eigenvalue weighted by molar-refractivity contribution is 6.03. The van der Waals surface area contributed by atoms with Gasteiger partial charge >= 0.3 is 0 Å². The van der Waals surface area contributed by atoms with Crippen LogP contribution in [-0.2, 0) is 0 Å². The van der Waals surface area contributed by atoms with E-state index in [2.05, 4.69) is 19.1 Å². The lowest BCUT2D eigenvalue weighted by Gasteiger charge is -2.34. The Kier molecular flexibility index (Phi) is 4.10. The fraction of sp³-hybridized carbons (Fsp3) is 0.588. The molecule has 0 aliphatic heterocycles. The Morgan fingerprint density at radius 3 is 2.53 bits per heavy atom. The highest BCUT2D eigenvalue weighted by atomic mass is 16.1. The van der Waals surface area contributed by atoms with Crippen molar-refractivity contribution >= 4 is 5.78 Å². The molecule has 1 fully saturated rings. The summed E-state index contributed by atoms with van der Waals surface area (Å²) in [5.41, 5.74) is 1.80. The minimum atomic E-state index is -0.405. The number of rotatable bonds is 5. The lowest BCUT2D eigenvalue weighted by molar-refractivity contribution is 0.0710. The minimum Gasteiger partial charge on any atom is -0.297 e. The summed E-state index contributed by atoms with van der Waals surface area (Å²) < 4.78 is 0. The third-order valence-electron chi connectivity index (χ3n) is 4.89. The quantitative estimate of drug-likeness (QED) is 0.748. The maximum Gasteiger partial charge on any atom is 0.182 e. The van der Waals surface area contributed by atoms with Crippen molar-refractivity contribution in [2.75, 3.05) is 14.1 Å². The van der Waals surface area contributed by atoms with Gasteiger partial charge in [0.1, 0.15) is 0 Å². The molecule has 104 valence electrons. The van der Waals surface area contributed by atoms with Gasteiger partial charge in [0.05, 0.1) is 5.54 Å². The normalized spacial score (nSPS) is 19.0. The van der Waals surface area contributed by atoms with Crippen molar-refractivity contribution in [1.29, 1.82) is 0 Å². The van der Waals surface area contributed by atoms with Crippen LogP contribution >= 0.6 is 0 Å². The molecule has 19 heavy (non-hydrogen) atoms. The number of nitrogens with zero attached hydrogens (tertiary/aromatic N) is 1. The molecule has 1 aliphatic carbocycles. The molecule has 1 aromatic carbocycles. The van der Waals surface area contributed by atoms with E-state index >= 15 is 0 Å². The zero-order chi connectivity index (χ0) is 14.0. The zero-order valence-electron chi connectivity index (χ0n) is 12.6. The number of benzene rings is 1. The predicted octanol–water partition coefficient (Wildman–Crippen LogP) is 3.87. The SMILES string of the molecule is CCC(C)(C(=O)c1cccc(C2CCC2)c1)N(C)C. The lowest BCUT2D eigenvalue weighted by atomic mass is 9.78. The molecule has 0 bridgehead atoms. The van der Waals surface area contributed by atoms with E-state index in [4.69, 9.17) is 0 Å². The number of carbonyl (C=O) groups is 1. The third kappa shape index (κ3) is 2.59. The van der Waals surface area contributed by atoms with Crippen LogP contribution in [0.15, 0.2) is 24.3 Å². The molecule has 1 aromatic rings. The van der Waals surface area contributed by atoms with Crippen LogP contribution in [0.2, 0.25) is 0 Å². The molecule has 0 heterocycles. The van der Waals surface area contributed by atoms with Crippen molar-refractivity contribution < 1.29 is 4.79 Å². The highest BCUT2D eigenvalue weighted by Crippen LogP contribution is 2.37. The molecule has 2 nitrogen and oxygen atoms in total. The Labute approximate surface area is 116 Å². The van der Waals surface area contributed by atoms with Crippen molar-refractivity contribution in [2.24, 2.45) is 0 Å².